The molecule has 0 bridgehead atoms. The van der Waals surface area contributed by atoms with Gasteiger partial charge >= 0.3 is 0 Å². The number of rotatable bonds is 4. The van der Waals surface area contributed by atoms with Gasteiger partial charge in [-0.15, -0.1) is 0 Å². The summed E-state index contributed by atoms with van der Waals surface area (Å²) in [4.78, 5) is 6.62. The molecule has 1 aliphatic rings. The molecule has 1 aliphatic carbocycles. The van der Waals surface area contributed by atoms with E-state index in [-0.39, 0.29) is 0 Å². The average Bonchev–Trinajstić information content (AvgIpc) is 2.40. The third-order valence-electron chi connectivity index (χ3n) is 4.11. The average molecular weight is 247 g/mol. The van der Waals surface area contributed by atoms with E-state index in [9.17, 15) is 0 Å². The molecule has 0 aromatic carbocycles. The van der Waals surface area contributed by atoms with Gasteiger partial charge in [0.05, 0.1) is 0 Å². The molecule has 0 atom stereocenters. The predicted molar refractivity (Wildman–Crippen MR) is 77.1 cm³/mol. The Bertz CT molecular complexity index is 370. The van der Waals surface area contributed by atoms with Crippen LogP contribution in [0.4, 0.5) is 5.69 Å². The lowest BCUT2D eigenvalue weighted by Crippen LogP contribution is -2.41. The lowest BCUT2D eigenvalue weighted by molar-refractivity contribution is 0.341. The minimum absolute atomic E-state index is 0.681. The summed E-state index contributed by atoms with van der Waals surface area (Å²) >= 11 is 0. The van der Waals surface area contributed by atoms with Gasteiger partial charge in [0.1, 0.15) is 0 Å². The summed E-state index contributed by atoms with van der Waals surface area (Å²) in [6, 6.07) is 3.55. The molecule has 1 fully saturated rings. The quantitative estimate of drug-likeness (QED) is 0.886. The van der Waals surface area contributed by atoms with Crippen molar-refractivity contribution in [2.45, 2.75) is 51.6 Å². The van der Waals surface area contributed by atoms with Crippen LogP contribution in [0.15, 0.2) is 18.5 Å². The molecule has 1 aromatic rings. The van der Waals surface area contributed by atoms with Crippen LogP contribution < -0.4 is 10.2 Å². The van der Waals surface area contributed by atoms with Crippen molar-refractivity contribution in [3.63, 3.8) is 0 Å². The van der Waals surface area contributed by atoms with Crippen LogP contribution in [0.5, 0.6) is 0 Å². The number of nitrogens with zero attached hydrogens (tertiary/aromatic N) is 2. The lowest BCUT2D eigenvalue weighted by Gasteiger charge is -2.36. The monoisotopic (exact) mass is 247 g/mol. The summed E-state index contributed by atoms with van der Waals surface area (Å²) in [7, 11) is 2.22. The minimum atomic E-state index is 0.681. The number of aromatic nitrogens is 1. The SMILES string of the molecule is CCNC1CCC(N(C)c2ccncc2C)CC1. The molecule has 0 unspecified atom stereocenters. The maximum absolute atomic E-state index is 4.17. The van der Waals surface area contributed by atoms with E-state index in [1.165, 1.54) is 36.9 Å². The summed E-state index contributed by atoms with van der Waals surface area (Å²) in [5.41, 5.74) is 2.60. The molecule has 0 aliphatic heterocycles. The molecular weight excluding hydrogens is 222 g/mol. The number of aryl methyl sites for hydroxylation is 1. The summed E-state index contributed by atoms with van der Waals surface area (Å²) in [5, 5.41) is 3.57. The minimum Gasteiger partial charge on any atom is -0.371 e. The number of hydrogen-bond donors (Lipinski definition) is 1. The molecule has 2 rings (SSSR count). The molecule has 1 saturated carbocycles. The van der Waals surface area contributed by atoms with E-state index >= 15 is 0 Å². The van der Waals surface area contributed by atoms with Crippen molar-refractivity contribution in [2.75, 3.05) is 18.5 Å². The van der Waals surface area contributed by atoms with Crippen LogP contribution in [-0.4, -0.2) is 30.7 Å². The fourth-order valence-electron chi connectivity index (χ4n) is 3.01. The van der Waals surface area contributed by atoms with E-state index in [1.54, 1.807) is 0 Å². The third kappa shape index (κ3) is 3.02. The topological polar surface area (TPSA) is 28.2 Å². The van der Waals surface area contributed by atoms with Crippen molar-refractivity contribution in [1.29, 1.82) is 0 Å². The van der Waals surface area contributed by atoms with Crippen LogP contribution in [0, 0.1) is 6.92 Å². The van der Waals surface area contributed by atoms with E-state index in [0.717, 1.165) is 12.6 Å². The molecule has 3 nitrogen and oxygen atoms in total. The summed E-state index contributed by atoms with van der Waals surface area (Å²) in [6.45, 7) is 5.43. The first-order valence-corrected chi connectivity index (χ1v) is 7.09. The number of hydrogen-bond acceptors (Lipinski definition) is 3. The third-order valence-corrected chi connectivity index (χ3v) is 4.11. The van der Waals surface area contributed by atoms with Crippen LogP contribution in [0.25, 0.3) is 0 Å². The number of anilines is 1. The van der Waals surface area contributed by atoms with Crippen LogP contribution in [0.3, 0.4) is 0 Å². The molecular formula is C15H25N3. The first-order chi connectivity index (χ1) is 8.72. The second kappa shape index (κ2) is 6.19. The van der Waals surface area contributed by atoms with Gasteiger partial charge in [-0.25, -0.2) is 0 Å². The largest absolute Gasteiger partial charge is 0.371 e. The van der Waals surface area contributed by atoms with Gasteiger partial charge in [-0.3, -0.25) is 4.98 Å². The van der Waals surface area contributed by atoms with Crippen molar-refractivity contribution in [3.05, 3.63) is 24.0 Å². The number of nitrogens with one attached hydrogen (secondary N) is 1. The maximum Gasteiger partial charge on any atom is 0.0426 e. The molecule has 1 N–H and O–H groups in total. The summed E-state index contributed by atoms with van der Waals surface area (Å²) < 4.78 is 0. The van der Waals surface area contributed by atoms with Gasteiger partial charge in [0, 0.05) is 37.2 Å². The second-order valence-electron chi connectivity index (χ2n) is 5.34. The number of pyridine rings is 1. The van der Waals surface area contributed by atoms with Gasteiger partial charge in [-0.1, -0.05) is 6.92 Å². The first kappa shape index (κ1) is 13.3. The zero-order valence-electron chi connectivity index (χ0n) is 11.8. The van der Waals surface area contributed by atoms with Crippen LogP contribution >= 0.6 is 0 Å². The molecule has 1 aromatic heterocycles. The molecule has 0 radical (unpaired) electrons. The highest BCUT2D eigenvalue weighted by Crippen LogP contribution is 2.27. The predicted octanol–water partition coefficient (Wildman–Crippen LogP) is 2.75. The van der Waals surface area contributed by atoms with Crippen LogP contribution in [0.2, 0.25) is 0 Å². The molecule has 100 valence electrons. The van der Waals surface area contributed by atoms with E-state index in [2.05, 4.69) is 42.2 Å². The van der Waals surface area contributed by atoms with Gasteiger partial charge in [-0.05, 0) is 50.8 Å². The Labute approximate surface area is 111 Å². The Morgan fingerprint density at radius 3 is 2.67 bits per heavy atom. The van der Waals surface area contributed by atoms with Crippen molar-refractivity contribution < 1.29 is 0 Å². The van der Waals surface area contributed by atoms with E-state index in [4.69, 9.17) is 0 Å². The van der Waals surface area contributed by atoms with Crippen molar-refractivity contribution in [1.82, 2.24) is 10.3 Å². The Hall–Kier alpha value is -1.09. The summed E-state index contributed by atoms with van der Waals surface area (Å²) in [5.74, 6) is 0. The standard InChI is InChI=1S/C15H25N3/c1-4-17-13-5-7-14(8-6-13)18(3)15-9-10-16-11-12(15)2/h9-11,13-14,17H,4-8H2,1-3H3. The van der Waals surface area contributed by atoms with Crippen molar-refractivity contribution >= 4 is 5.69 Å². The second-order valence-corrected chi connectivity index (χ2v) is 5.34. The fourth-order valence-corrected chi connectivity index (χ4v) is 3.01. The van der Waals surface area contributed by atoms with Gasteiger partial charge in [0.2, 0.25) is 0 Å². The highest BCUT2D eigenvalue weighted by Gasteiger charge is 2.24. The highest BCUT2D eigenvalue weighted by atomic mass is 15.1. The molecule has 0 spiro atoms. The normalized spacial score (nSPS) is 23.9. The lowest BCUT2D eigenvalue weighted by atomic mass is 9.90. The molecule has 0 amide bonds. The van der Waals surface area contributed by atoms with Crippen molar-refractivity contribution in [3.8, 4) is 0 Å². The van der Waals surface area contributed by atoms with Crippen LogP contribution in [0.1, 0.15) is 38.2 Å². The Morgan fingerprint density at radius 1 is 1.33 bits per heavy atom. The van der Waals surface area contributed by atoms with Gasteiger partial charge in [0.15, 0.2) is 0 Å². The van der Waals surface area contributed by atoms with E-state index < -0.39 is 0 Å². The molecule has 1 heterocycles. The zero-order chi connectivity index (χ0) is 13.0. The first-order valence-electron chi connectivity index (χ1n) is 7.09. The zero-order valence-corrected chi connectivity index (χ0v) is 11.8. The van der Waals surface area contributed by atoms with E-state index in [1.807, 2.05) is 12.4 Å². The van der Waals surface area contributed by atoms with Gasteiger partial charge in [-0.2, -0.15) is 0 Å². The Kier molecular flexibility index (Phi) is 4.59. The molecule has 3 heteroatoms. The highest BCUT2D eigenvalue weighted by molar-refractivity contribution is 5.51. The summed E-state index contributed by atoms with van der Waals surface area (Å²) in [6.07, 6.45) is 9.02. The van der Waals surface area contributed by atoms with Gasteiger partial charge in [0.25, 0.3) is 0 Å². The maximum atomic E-state index is 4.17. The van der Waals surface area contributed by atoms with Crippen molar-refractivity contribution in [2.24, 2.45) is 0 Å². The van der Waals surface area contributed by atoms with Gasteiger partial charge < -0.3 is 10.2 Å². The Morgan fingerprint density at radius 2 is 2.06 bits per heavy atom. The smallest absolute Gasteiger partial charge is 0.0426 e. The fraction of sp³-hybridized carbons (Fsp3) is 0.667. The molecule has 18 heavy (non-hydrogen) atoms. The molecule has 0 saturated heterocycles. The van der Waals surface area contributed by atoms with E-state index in [0.29, 0.717) is 6.04 Å². The Balaban J connectivity index is 1.95. The van der Waals surface area contributed by atoms with Crippen LogP contribution in [-0.2, 0) is 0 Å².